The van der Waals surface area contributed by atoms with Gasteiger partial charge in [-0.25, -0.2) is 9.55 Å². The number of ketones is 1. The molecule has 3 rings (SSSR count). The fourth-order valence-electron chi connectivity index (χ4n) is 1.98. The largest absolute Gasteiger partial charge is 1.00 e. The summed E-state index contributed by atoms with van der Waals surface area (Å²) in [7, 11) is 0. The van der Waals surface area contributed by atoms with Gasteiger partial charge in [0.1, 0.15) is 17.6 Å². The summed E-state index contributed by atoms with van der Waals surface area (Å²) in [4.78, 5) is 15.2. The number of carbonyl (C=O) groups is 1. The minimum atomic E-state index is 0. The molecule has 0 saturated heterocycles. The van der Waals surface area contributed by atoms with Crippen LogP contribution in [0.4, 0.5) is 5.95 Å². The number of anilines is 1. The van der Waals surface area contributed by atoms with Crippen LogP contribution in [0, 0.1) is 0 Å². The average molecular weight is 338 g/mol. The van der Waals surface area contributed by atoms with E-state index in [4.69, 9.17) is 5.73 Å². The lowest BCUT2D eigenvalue weighted by Crippen LogP contribution is -3.00. The number of aromatic nitrogens is 2. The minimum Gasteiger partial charge on any atom is -1.00 e. The van der Waals surface area contributed by atoms with E-state index in [1.165, 1.54) is 11.3 Å². The quantitative estimate of drug-likeness (QED) is 0.475. The lowest BCUT2D eigenvalue weighted by molar-refractivity contribution is -0.642. The number of imidazole rings is 1. The number of nitrogen functional groups attached to an aromatic ring is 1. The van der Waals surface area contributed by atoms with Gasteiger partial charge >= 0.3 is 5.95 Å². The van der Waals surface area contributed by atoms with Crippen molar-refractivity contribution in [3.05, 3.63) is 46.7 Å². The number of hydrogen-bond acceptors (Lipinski definition) is 3. The molecule has 0 radical (unpaired) electrons. The average Bonchev–Trinajstić information content (AvgIpc) is 2.98. The van der Waals surface area contributed by atoms with Crippen molar-refractivity contribution in [1.82, 2.24) is 4.98 Å². The third-order valence-electron chi connectivity index (χ3n) is 2.89. The zero-order chi connectivity index (χ0) is 12.5. The molecule has 0 unspecified atom stereocenters. The van der Waals surface area contributed by atoms with Gasteiger partial charge in [-0.05, 0) is 23.6 Å². The lowest BCUT2D eigenvalue weighted by Gasteiger charge is -1.98. The second kappa shape index (κ2) is 5.54. The van der Waals surface area contributed by atoms with E-state index in [0.29, 0.717) is 5.95 Å². The van der Waals surface area contributed by atoms with Crippen molar-refractivity contribution in [3.8, 4) is 0 Å². The van der Waals surface area contributed by atoms with E-state index in [1.54, 1.807) is 4.57 Å². The molecule has 2 heterocycles. The molecule has 3 aromatic rings. The molecule has 0 aliphatic heterocycles. The van der Waals surface area contributed by atoms with Crippen molar-refractivity contribution < 1.29 is 26.3 Å². The van der Waals surface area contributed by atoms with Gasteiger partial charge in [-0.3, -0.25) is 10.5 Å². The summed E-state index contributed by atoms with van der Waals surface area (Å²) in [5.74, 6) is 0.567. The molecule has 0 spiro atoms. The summed E-state index contributed by atoms with van der Waals surface area (Å²) in [5, 5.41) is 3.75. The Morgan fingerprint density at radius 3 is 2.84 bits per heavy atom. The fourth-order valence-corrected chi connectivity index (χ4v) is 2.64. The zero-order valence-electron chi connectivity index (χ0n) is 9.97. The fraction of sp³-hybridized carbons (Fsp3) is 0.0769. The molecule has 1 aromatic carbocycles. The van der Waals surface area contributed by atoms with Crippen LogP contribution in [0.25, 0.3) is 11.0 Å². The molecule has 0 bridgehead atoms. The van der Waals surface area contributed by atoms with Gasteiger partial charge in [0.25, 0.3) is 0 Å². The van der Waals surface area contributed by atoms with E-state index in [2.05, 4.69) is 4.98 Å². The highest BCUT2D eigenvalue weighted by molar-refractivity contribution is 7.08. The Balaban J connectivity index is 0.00000133. The summed E-state index contributed by atoms with van der Waals surface area (Å²) in [6.07, 6.45) is 0. The summed E-state index contributed by atoms with van der Waals surface area (Å²) in [6.45, 7) is 0.257. The molecular formula is C13H12BrN3OS. The van der Waals surface area contributed by atoms with E-state index < -0.39 is 0 Å². The maximum absolute atomic E-state index is 12.1. The number of benzene rings is 1. The summed E-state index contributed by atoms with van der Waals surface area (Å²) >= 11 is 1.52. The highest BCUT2D eigenvalue weighted by atomic mass is 79.9. The lowest BCUT2D eigenvalue weighted by atomic mass is 10.2. The minimum absolute atomic E-state index is 0. The van der Waals surface area contributed by atoms with Crippen LogP contribution in [0.3, 0.4) is 0 Å². The van der Waals surface area contributed by atoms with E-state index in [1.807, 2.05) is 41.1 Å². The number of fused-ring (bicyclic) bond motifs is 1. The number of para-hydroxylation sites is 2. The maximum atomic E-state index is 12.1. The van der Waals surface area contributed by atoms with Crippen LogP contribution in [-0.4, -0.2) is 10.8 Å². The number of halogens is 1. The van der Waals surface area contributed by atoms with Crippen LogP contribution in [0.1, 0.15) is 10.4 Å². The van der Waals surface area contributed by atoms with Crippen LogP contribution < -0.4 is 27.3 Å². The van der Waals surface area contributed by atoms with Gasteiger partial charge in [-0.1, -0.05) is 12.1 Å². The van der Waals surface area contributed by atoms with E-state index in [-0.39, 0.29) is 29.3 Å². The predicted molar refractivity (Wildman–Crippen MR) is 71.6 cm³/mol. The normalized spacial score (nSPS) is 10.3. The van der Waals surface area contributed by atoms with E-state index >= 15 is 0 Å². The Hall–Kier alpha value is -1.66. The molecule has 3 N–H and O–H groups in total. The standard InChI is InChI=1S/C13H11N3OS.BrH/c14-13-15-10-3-1-2-4-11(10)16(13)7-12(17)9-5-6-18-8-9;/h1-6,8H,7H2,(H2,14,15);1H. The monoisotopic (exact) mass is 337 g/mol. The summed E-state index contributed by atoms with van der Waals surface area (Å²) in [6, 6.07) is 9.59. The predicted octanol–water partition coefficient (Wildman–Crippen LogP) is -1.01. The van der Waals surface area contributed by atoms with Gasteiger partial charge in [-0.15, -0.1) is 0 Å². The highest BCUT2D eigenvalue weighted by Gasteiger charge is 2.17. The first kappa shape index (κ1) is 13.8. The van der Waals surface area contributed by atoms with Gasteiger partial charge in [0.15, 0.2) is 5.78 Å². The molecule has 0 atom stereocenters. The van der Waals surface area contributed by atoms with Crippen LogP contribution in [0.2, 0.25) is 0 Å². The molecule has 6 heteroatoms. The molecule has 19 heavy (non-hydrogen) atoms. The van der Waals surface area contributed by atoms with Crippen LogP contribution in [0.5, 0.6) is 0 Å². The molecule has 0 aliphatic carbocycles. The molecule has 4 nitrogen and oxygen atoms in total. The Morgan fingerprint density at radius 1 is 1.32 bits per heavy atom. The Bertz CT molecular complexity index is 706. The van der Waals surface area contributed by atoms with Crippen molar-refractivity contribution in [2.24, 2.45) is 0 Å². The van der Waals surface area contributed by atoms with Crippen molar-refractivity contribution in [3.63, 3.8) is 0 Å². The molecule has 0 aliphatic rings. The number of nitrogens with two attached hydrogens (primary N) is 1. The number of nitrogens with one attached hydrogen (secondary N) is 1. The number of H-pyrrole nitrogens is 1. The summed E-state index contributed by atoms with van der Waals surface area (Å²) < 4.78 is 1.80. The number of thiophene rings is 1. The second-order valence-corrected chi connectivity index (χ2v) is 4.83. The van der Waals surface area contributed by atoms with Crippen molar-refractivity contribution >= 4 is 34.1 Å². The van der Waals surface area contributed by atoms with Crippen molar-refractivity contribution in [1.29, 1.82) is 0 Å². The number of hydrogen-bond donors (Lipinski definition) is 2. The molecular weight excluding hydrogens is 326 g/mol. The highest BCUT2D eigenvalue weighted by Crippen LogP contribution is 2.11. The van der Waals surface area contributed by atoms with Gasteiger partial charge < -0.3 is 17.0 Å². The van der Waals surface area contributed by atoms with Crippen LogP contribution in [-0.2, 0) is 6.54 Å². The van der Waals surface area contributed by atoms with Gasteiger partial charge in [0, 0.05) is 10.9 Å². The van der Waals surface area contributed by atoms with Crippen LogP contribution in [0.15, 0.2) is 41.1 Å². The van der Waals surface area contributed by atoms with Gasteiger partial charge in [0.2, 0.25) is 0 Å². The van der Waals surface area contributed by atoms with Gasteiger partial charge in [-0.2, -0.15) is 11.3 Å². The Labute approximate surface area is 124 Å². The zero-order valence-corrected chi connectivity index (χ0v) is 12.4. The molecule has 0 saturated carbocycles. The Kier molecular flexibility index (Phi) is 4.01. The SMILES string of the molecule is Nc1[nH]c2ccccc2[n+]1CC(=O)c1ccsc1.[Br-]. The van der Waals surface area contributed by atoms with Crippen molar-refractivity contribution in [2.75, 3.05) is 5.73 Å². The molecule has 0 amide bonds. The number of carbonyl (C=O) groups excluding carboxylic acids is 1. The molecule has 0 fully saturated rings. The number of rotatable bonds is 3. The Morgan fingerprint density at radius 2 is 2.11 bits per heavy atom. The van der Waals surface area contributed by atoms with Gasteiger partial charge in [0.05, 0.1) is 0 Å². The first-order valence-electron chi connectivity index (χ1n) is 5.57. The molecule has 2 aromatic heterocycles. The smallest absolute Gasteiger partial charge is 0.354 e. The maximum Gasteiger partial charge on any atom is 0.354 e. The first-order valence-corrected chi connectivity index (χ1v) is 6.51. The van der Waals surface area contributed by atoms with E-state index in [9.17, 15) is 4.79 Å². The van der Waals surface area contributed by atoms with Crippen LogP contribution >= 0.6 is 11.3 Å². The number of Topliss-reactive ketones (excluding diaryl/α,β-unsaturated/α-hetero) is 1. The topological polar surface area (TPSA) is 62.8 Å². The number of aromatic amines is 1. The first-order chi connectivity index (χ1) is 8.75. The van der Waals surface area contributed by atoms with Crippen molar-refractivity contribution in [2.45, 2.75) is 6.54 Å². The molecule has 98 valence electrons. The summed E-state index contributed by atoms with van der Waals surface area (Å²) in [5.41, 5.74) is 8.53. The third kappa shape index (κ3) is 2.54. The van der Waals surface area contributed by atoms with E-state index in [0.717, 1.165) is 16.6 Å². The third-order valence-corrected chi connectivity index (χ3v) is 3.58. The number of nitrogens with zero attached hydrogens (tertiary/aromatic N) is 1. The second-order valence-electron chi connectivity index (χ2n) is 4.05.